The van der Waals surface area contributed by atoms with Gasteiger partial charge in [0.15, 0.2) is 22.8 Å². The first kappa shape index (κ1) is 91.5. The van der Waals surface area contributed by atoms with Crippen molar-refractivity contribution in [1.82, 2.24) is 83.2 Å². The van der Waals surface area contributed by atoms with Crippen LogP contribution in [-0.4, -0.2) is 176 Å². The Morgan fingerprint density at radius 2 is 0.724 bits per heavy atom. The summed E-state index contributed by atoms with van der Waals surface area (Å²) in [4.78, 5) is 141. The summed E-state index contributed by atoms with van der Waals surface area (Å²) in [5.41, 5.74) is 5.78. The molecule has 26 nitrogen and oxygen atoms in total. The highest BCUT2D eigenvalue weighted by atomic mass is 35.5. The fourth-order valence-corrected chi connectivity index (χ4v) is 17.4. The molecule has 3 amide bonds. The largest absolute Gasteiger partial charge is 0.355 e. The standard InChI is InChI=1S/C32H37ClN8O2.C32H34F2N6O2.C31H31F3N6O2/c1-9-25(42)39-14-21(8)40(15-20(39)7)30-22-12-24(33)28(23-13-34-16-36-26(23)17(2)3)37-31(22)41(32(43)38-30)29-19(6)10-11-35-27(29)18(4)5;1-8-25(41)38-15-21(7)39(16-20(38)6)30-22-14-24(34)28(26-18(4)10-9-11-23(26)33)36-31(22)40(32(42)37-30)29-19(5)12-13-35-27(29)17(2)3;1-7-24(41)38-14-19(6)39(15-18(38)5)29-20-13-23(34)27(25-21(32)9-8-10-22(25)33)36-30(20)40(31(42)37-29)28-17(4)11-12-35-26(28)16(2)3/h9-13,16-18,20-21H,1,14-15H2,2-8H3;8-14,17,20-21H,1,15-16H2,2-7H3;7-13,16,18-19H,1,14-15H2,2-6H3. The third kappa shape index (κ3) is 17.4. The Morgan fingerprint density at radius 3 is 1.06 bits per heavy atom. The van der Waals surface area contributed by atoms with Crippen molar-refractivity contribution in [3.63, 3.8) is 0 Å². The van der Waals surface area contributed by atoms with E-state index in [1.54, 1.807) is 82.2 Å². The average Bonchev–Trinajstić information content (AvgIpc) is 0.734. The van der Waals surface area contributed by atoms with Crippen molar-refractivity contribution in [2.45, 2.75) is 185 Å². The summed E-state index contributed by atoms with van der Waals surface area (Å²) < 4.78 is 80.8. The number of pyridine rings is 6. The van der Waals surface area contributed by atoms with Gasteiger partial charge in [0, 0.05) is 111 Å². The summed E-state index contributed by atoms with van der Waals surface area (Å²) in [7, 11) is 0. The molecule has 0 aliphatic carbocycles. The molecule has 127 heavy (non-hydrogen) atoms. The number of fused-ring (bicyclic) bond motifs is 3. The number of anilines is 3. The molecular weight excluding hydrogens is 1650 g/mol. The van der Waals surface area contributed by atoms with E-state index in [2.05, 4.69) is 74.5 Å². The quantitative estimate of drug-likeness (QED) is 0.0642. The zero-order chi connectivity index (χ0) is 92.1. The van der Waals surface area contributed by atoms with E-state index in [-0.39, 0.29) is 117 Å². The number of hydrogen-bond donors (Lipinski definition) is 0. The van der Waals surface area contributed by atoms with Crippen molar-refractivity contribution < 1.29 is 36.3 Å². The number of amides is 3. The second-order valence-corrected chi connectivity index (χ2v) is 34.3. The minimum Gasteiger partial charge on any atom is -0.349 e. The molecular formula is C95H102ClF5N20O6. The van der Waals surface area contributed by atoms with Gasteiger partial charge in [0.05, 0.1) is 72.3 Å². The maximum atomic E-state index is 16.0. The molecule has 3 aliphatic heterocycles. The van der Waals surface area contributed by atoms with Crippen LogP contribution in [-0.2, 0) is 14.4 Å². The molecule has 32 heteroatoms. The summed E-state index contributed by atoms with van der Waals surface area (Å²) in [6, 6.07) is 16.0. The molecule has 0 saturated carbocycles. The van der Waals surface area contributed by atoms with Gasteiger partial charge in [-0.25, -0.2) is 75.0 Å². The van der Waals surface area contributed by atoms with Gasteiger partial charge in [-0.1, -0.05) is 105 Å². The molecule has 0 spiro atoms. The van der Waals surface area contributed by atoms with Gasteiger partial charge in [0.25, 0.3) is 0 Å². The van der Waals surface area contributed by atoms with E-state index in [0.717, 1.165) is 40.7 Å². The van der Waals surface area contributed by atoms with E-state index < -0.39 is 57.4 Å². The molecule has 6 atom stereocenters. The van der Waals surface area contributed by atoms with E-state index >= 15 is 13.2 Å². The van der Waals surface area contributed by atoms with Crippen LogP contribution in [0.2, 0.25) is 5.02 Å². The van der Waals surface area contributed by atoms with Crippen molar-refractivity contribution in [2.24, 2.45) is 0 Å². The molecule has 0 N–H and O–H groups in total. The Kier molecular flexibility index (Phi) is 26.8. The van der Waals surface area contributed by atoms with Gasteiger partial charge in [0.1, 0.15) is 58.4 Å². The number of nitrogens with zero attached hydrogens (tertiary/aromatic N) is 20. The second kappa shape index (κ2) is 37.2. The zero-order valence-electron chi connectivity index (χ0n) is 74.3. The molecule has 10 aromatic heterocycles. The number of carbonyl (C=O) groups is 3. The topological polar surface area (TPSA) is 278 Å². The highest BCUT2D eigenvalue weighted by molar-refractivity contribution is 6.34. The first-order valence-corrected chi connectivity index (χ1v) is 42.6. The molecule has 3 aliphatic rings. The third-order valence-electron chi connectivity index (χ3n) is 23.5. The Hall–Kier alpha value is -13.2. The smallest absolute Gasteiger partial charge is 0.349 e. The first-order chi connectivity index (χ1) is 60.3. The lowest BCUT2D eigenvalue weighted by Gasteiger charge is -2.44. The number of halogens is 6. The fraction of sp³-hybridized carbons (Fsp3) is 0.358. The predicted molar refractivity (Wildman–Crippen MR) is 485 cm³/mol. The van der Waals surface area contributed by atoms with Gasteiger partial charge >= 0.3 is 17.1 Å². The van der Waals surface area contributed by atoms with Gasteiger partial charge in [-0.2, -0.15) is 15.0 Å². The van der Waals surface area contributed by atoms with E-state index in [9.17, 15) is 37.5 Å². The van der Waals surface area contributed by atoms with Crippen LogP contribution in [0.15, 0.2) is 156 Å². The van der Waals surface area contributed by atoms with Crippen molar-refractivity contribution in [3.8, 4) is 50.8 Å². The lowest BCUT2D eigenvalue weighted by molar-refractivity contribution is -0.129. The number of rotatable bonds is 16. The molecule has 660 valence electrons. The summed E-state index contributed by atoms with van der Waals surface area (Å²) in [5, 5.41) is 1.49. The lowest BCUT2D eigenvalue weighted by atomic mass is 10.0. The maximum absolute atomic E-state index is 16.0. The van der Waals surface area contributed by atoms with E-state index in [4.69, 9.17) is 16.6 Å². The van der Waals surface area contributed by atoms with Crippen molar-refractivity contribution >= 4 is 79.9 Å². The van der Waals surface area contributed by atoms with Crippen molar-refractivity contribution in [1.29, 1.82) is 0 Å². The van der Waals surface area contributed by atoms with Gasteiger partial charge in [-0.05, 0) is 188 Å². The number of carbonyl (C=O) groups excluding carboxylic acids is 3. The number of piperazine rings is 3. The van der Waals surface area contributed by atoms with Gasteiger partial charge in [-0.3, -0.25) is 29.3 Å². The monoisotopic (exact) mass is 1750 g/mol. The molecule has 12 aromatic rings. The minimum absolute atomic E-state index is 0.0218. The van der Waals surface area contributed by atoms with Crippen LogP contribution in [0.3, 0.4) is 0 Å². The van der Waals surface area contributed by atoms with Crippen LogP contribution in [0.25, 0.3) is 83.9 Å². The number of benzene rings is 2. The number of aryl methyl sites for hydroxylation is 4. The van der Waals surface area contributed by atoms with Crippen LogP contribution >= 0.6 is 11.6 Å². The molecule has 3 saturated heterocycles. The number of hydrogen-bond acceptors (Lipinski definition) is 20. The molecule has 13 heterocycles. The highest BCUT2D eigenvalue weighted by Gasteiger charge is 2.39. The SMILES string of the molecule is C=CC(=O)N1CC(C)N(c2nc(=O)n(-c3c(C)ccnc3C(C)C)c3nc(-c4c(C)cccc4F)c(F)cc23)CC1C.C=CC(=O)N1CC(C)N(c2nc(=O)n(-c3c(C)ccnc3C(C)C)c3nc(-c4c(F)cccc4F)c(F)cc23)CC1C.C=CC(=O)N1CC(C)N(c2nc(=O)n(-c3c(C)ccnc3C(C)C)c3nc(-c4cncnc4C(C)C)c(Cl)cc23)CC1C. The van der Waals surface area contributed by atoms with E-state index in [1.807, 2.05) is 133 Å². The van der Waals surface area contributed by atoms with Crippen LogP contribution in [0.1, 0.15) is 166 Å². The van der Waals surface area contributed by atoms with Crippen LogP contribution in [0, 0.1) is 56.8 Å². The molecule has 15 rings (SSSR count). The maximum Gasteiger partial charge on any atom is 0.355 e. The lowest BCUT2D eigenvalue weighted by Crippen LogP contribution is -2.58. The Bertz CT molecular complexity index is 6300. The van der Waals surface area contributed by atoms with Gasteiger partial charge in [0.2, 0.25) is 17.7 Å². The summed E-state index contributed by atoms with van der Waals surface area (Å²) in [5.74, 6) is -3.99. The minimum atomic E-state index is -0.991. The molecule has 2 aromatic carbocycles. The van der Waals surface area contributed by atoms with Gasteiger partial charge in [-0.15, -0.1) is 0 Å². The Balaban J connectivity index is 0.000000163. The fourth-order valence-electron chi connectivity index (χ4n) is 17.1. The highest BCUT2D eigenvalue weighted by Crippen LogP contribution is 2.42. The number of aromatic nitrogens is 14. The zero-order valence-corrected chi connectivity index (χ0v) is 75.1. The van der Waals surface area contributed by atoms with Crippen molar-refractivity contribution in [2.75, 3.05) is 54.0 Å². The molecule has 6 unspecified atom stereocenters. The van der Waals surface area contributed by atoms with Crippen LogP contribution < -0.4 is 31.8 Å². The molecule has 0 bridgehead atoms. The summed E-state index contributed by atoms with van der Waals surface area (Å²) in [6.07, 6.45) is 12.1. The van der Waals surface area contributed by atoms with Crippen LogP contribution in [0.4, 0.5) is 39.4 Å². The summed E-state index contributed by atoms with van der Waals surface area (Å²) >= 11 is 7.00. The molecule has 3 fully saturated rings. The van der Waals surface area contributed by atoms with E-state index in [1.165, 1.54) is 51.9 Å². The Labute approximate surface area is 737 Å². The Morgan fingerprint density at radius 1 is 0.402 bits per heavy atom. The molecule has 0 radical (unpaired) electrons. The summed E-state index contributed by atoms with van der Waals surface area (Å²) in [6.45, 7) is 47.8. The van der Waals surface area contributed by atoms with Gasteiger partial charge < -0.3 is 29.4 Å². The second-order valence-electron chi connectivity index (χ2n) is 33.9. The normalized spacial score (nSPS) is 17.3. The van der Waals surface area contributed by atoms with Crippen molar-refractivity contribution in [3.05, 3.63) is 252 Å². The van der Waals surface area contributed by atoms with E-state index in [0.29, 0.717) is 117 Å². The van der Waals surface area contributed by atoms with Crippen LogP contribution in [0.5, 0.6) is 0 Å². The third-order valence-corrected chi connectivity index (χ3v) is 23.8. The first-order valence-electron chi connectivity index (χ1n) is 42.2. The average molecular weight is 1750 g/mol. The predicted octanol–water partition coefficient (Wildman–Crippen LogP) is 16.2.